The Morgan fingerprint density at radius 1 is 1.53 bits per heavy atom. The third-order valence-electron chi connectivity index (χ3n) is 2.12. The molecular weight excluding hydrogens is 324 g/mol. The normalized spacial score (nSPS) is 12.8. The largest absolute Gasteiger partial charge is 0.383 e. The molecular formula is C11H15ClINO. The summed E-state index contributed by atoms with van der Waals surface area (Å²) in [5.41, 5.74) is 1.20. The third-order valence-corrected chi connectivity index (χ3v) is 3.33. The second-order valence-electron chi connectivity index (χ2n) is 3.23. The number of hydrogen-bond donors (Lipinski definition) is 1. The van der Waals surface area contributed by atoms with Crippen molar-refractivity contribution in [3.8, 4) is 0 Å². The highest BCUT2D eigenvalue weighted by Crippen LogP contribution is 2.24. The van der Waals surface area contributed by atoms with Gasteiger partial charge in [-0.2, -0.15) is 0 Å². The van der Waals surface area contributed by atoms with Crippen molar-refractivity contribution in [3.63, 3.8) is 0 Å². The van der Waals surface area contributed by atoms with Gasteiger partial charge in [0.2, 0.25) is 0 Å². The summed E-state index contributed by atoms with van der Waals surface area (Å²) >= 11 is 8.31. The van der Waals surface area contributed by atoms with E-state index in [0.717, 1.165) is 11.6 Å². The SMILES string of the molecule is CCNC(COC)c1cc(Cl)ccc1I. The maximum Gasteiger partial charge on any atom is 0.0658 e. The quantitative estimate of drug-likeness (QED) is 0.832. The Kier molecular flexibility index (Phi) is 5.89. The number of halogens is 2. The van der Waals surface area contributed by atoms with Crippen LogP contribution in [0.15, 0.2) is 18.2 Å². The first-order valence-corrected chi connectivity index (χ1v) is 6.32. The van der Waals surface area contributed by atoms with Crippen LogP contribution < -0.4 is 5.32 Å². The lowest BCUT2D eigenvalue weighted by Crippen LogP contribution is -2.25. The maximum absolute atomic E-state index is 5.99. The van der Waals surface area contributed by atoms with Crippen LogP contribution in [-0.4, -0.2) is 20.3 Å². The van der Waals surface area contributed by atoms with Crippen LogP contribution in [0.4, 0.5) is 0 Å². The van der Waals surface area contributed by atoms with Gasteiger partial charge in [-0.15, -0.1) is 0 Å². The van der Waals surface area contributed by atoms with Crippen molar-refractivity contribution in [3.05, 3.63) is 32.4 Å². The van der Waals surface area contributed by atoms with Crippen molar-refractivity contribution >= 4 is 34.2 Å². The van der Waals surface area contributed by atoms with Gasteiger partial charge in [-0.25, -0.2) is 0 Å². The fourth-order valence-corrected chi connectivity index (χ4v) is 2.35. The number of likely N-dealkylation sites (N-methyl/N-ethyl adjacent to an activating group) is 1. The molecule has 0 bridgehead atoms. The van der Waals surface area contributed by atoms with Gasteiger partial charge < -0.3 is 10.1 Å². The Bertz CT molecular complexity index is 313. The fraction of sp³-hybridized carbons (Fsp3) is 0.455. The average Bonchev–Trinajstić information content (AvgIpc) is 2.21. The summed E-state index contributed by atoms with van der Waals surface area (Å²) in [5, 5.41) is 4.15. The van der Waals surface area contributed by atoms with E-state index in [-0.39, 0.29) is 6.04 Å². The van der Waals surface area contributed by atoms with E-state index in [2.05, 4.69) is 34.8 Å². The van der Waals surface area contributed by atoms with E-state index >= 15 is 0 Å². The summed E-state index contributed by atoms with van der Waals surface area (Å²) in [6.07, 6.45) is 0. The Morgan fingerprint density at radius 3 is 2.87 bits per heavy atom. The third kappa shape index (κ3) is 3.90. The molecule has 1 N–H and O–H groups in total. The van der Waals surface area contributed by atoms with Gasteiger partial charge in [-0.3, -0.25) is 0 Å². The molecule has 0 aliphatic rings. The van der Waals surface area contributed by atoms with Crippen LogP contribution in [0.1, 0.15) is 18.5 Å². The summed E-state index contributed by atoms with van der Waals surface area (Å²) < 4.78 is 6.41. The summed E-state index contributed by atoms with van der Waals surface area (Å²) in [6, 6.07) is 6.14. The van der Waals surface area contributed by atoms with Crippen LogP contribution in [0.5, 0.6) is 0 Å². The Labute approximate surface area is 109 Å². The standard InChI is InChI=1S/C11H15ClINO/c1-3-14-11(7-15-2)9-6-8(12)4-5-10(9)13/h4-6,11,14H,3,7H2,1-2H3. The molecule has 1 aromatic carbocycles. The first kappa shape index (κ1) is 13.2. The van der Waals surface area contributed by atoms with E-state index in [0.29, 0.717) is 6.61 Å². The van der Waals surface area contributed by atoms with E-state index < -0.39 is 0 Å². The van der Waals surface area contributed by atoms with E-state index in [1.165, 1.54) is 9.13 Å². The van der Waals surface area contributed by atoms with Crippen molar-refractivity contribution in [1.82, 2.24) is 5.32 Å². The molecule has 0 radical (unpaired) electrons. The smallest absolute Gasteiger partial charge is 0.0658 e. The minimum atomic E-state index is 0.214. The Balaban J connectivity index is 2.93. The summed E-state index contributed by atoms with van der Waals surface area (Å²) in [5.74, 6) is 0. The second-order valence-corrected chi connectivity index (χ2v) is 4.83. The Hall–Kier alpha value is 0.160. The van der Waals surface area contributed by atoms with Gasteiger partial charge in [0.1, 0.15) is 0 Å². The van der Waals surface area contributed by atoms with Gasteiger partial charge in [0, 0.05) is 15.7 Å². The number of hydrogen-bond acceptors (Lipinski definition) is 2. The zero-order valence-corrected chi connectivity index (χ0v) is 11.8. The number of rotatable bonds is 5. The molecule has 1 aromatic rings. The van der Waals surface area contributed by atoms with Crippen LogP contribution in [0, 0.1) is 3.57 Å². The molecule has 84 valence electrons. The lowest BCUT2D eigenvalue weighted by molar-refractivity contribution is 0.167. The Morgan fingerprint density at radius 2 is 2.27 bits per heavy atom. The van der Waals surface area contributed by atoms with Crippen molar-refractivity contribution in [2.75, 3.05) is 20.3 Å². The molecule has 0 fully saturated rings. The zero-order chi connectivity index (χ0) is 11.3. The molecule has 0 aliphatic heterocycles. The predicted octanol–water partition coefficient (Wildman–Crippen LogP) is 3.24. The van der Waals surface area contributed by atoms with Crippen molar-refractivity contribution in [2.24, 2.45) is 0 Å². The van der Waals surface area contributed by atoms with Gasteiger partial charge in [-0.05, 0) is 52.9 Å². The van der Waals surface area contributed by atoms with Crippen LogP contribution in [0.2, 0.25) is 5.02 Å². The first-order valence-electron chi connectivity index (χ1n) is 4.86. The number of ether oxygens (including phenoxy) is 1. The number of methoxy groups -OCH3 is 1. The molecule has 1 atom stereocenters. The highest BCUT2D eigenvalue weighted by molar-refractivity contribution is 14.1. The molecule has 0 aliphatic carbocycles. The fourth-order valence-electron chi connectivity index (χ4n) is 1.45. The lowest BCUT2D eigenvalue weighted by Gasteiger charge is -2.19. The highest BCUT2D eigenvalue weighted by atomic mass is 127. The summed E-state index contributed by atoms with van der Waals surface area (Å²) in [4.78, 5) is 0. The van der Waals surface area contributed by atoms with Crippen molar-refractivity contribution < 1.29 is 4.74 Å². The molecule has 0 saturated carbocycles. The highest BCUT2D eigenvalue weighted by Gasteiger charge is 2.13. The lowest BCUT2D eigenvalue weighted by atomic mass is 10.1. The van der Waals surface area contributed by atoms with Crippen molar-refractivity contribution in [2.45, 2.75) is 13.0 Å². The summed E-state index contributed by atoms with van der Waals surface area (Å²) in [7, 11) is 1.71. The number of nitrogens with one attached hydrogen (secondary N) is 1. The predicted molar refractivity (Wildman–Crippen MR) is 72.5 cm³/mol. The minimum absolute atomic E-state index is 0.214. The van der Waals surface area contributed by atoms with Crippen LogP contribution in [-0.2, 0) is 4.74 Å². The van der Waals surface area contributed by atoms with Crippen molar-refractivity contribution in [1.29, 1.82) is 0 Å². The second kappa shape index (κ2) is 6.68. The molecule has 15 heavy (non-hydrogen) atoms. The monoisotopic (exact) mass is 339 g/mol. The van der Waals surface area contributed by atoms with E-state index in [1.807, 2.05) is 18.2 Å². The molecule has 2 nitrogen and oxygen atoms in total. The van der Waals surface area contributed by atoms with E-state index in [1.54, 1.807) is 7.11 Å². The van der Waals surface area contributed by atoms with Crippen LogP contribution >= 0.6 is 34.2 Å². The molecule has 0 aromatic heterocycles. The van der Waals surface area contributed by atoms with Gasteiger partial charge in [0.05, 0.1) is 12.6 Å². The van der Waals surface area contributed by atoms with Gasteiger partial charge in [0.25, 0.3) is 0 Å². The molecule has 0 amide bonds. The first-order chi connectivity index (χ1) is 7.19. The molecule has 1 unspecified atom stereocenters. The van der Waals surface area contributed by atoms with Gasteiger partial charge >= 0.3 is 0 Å². The maximum atomic E-state index is 5.99. The van der Waals surface area contributed by atoms with Gasteiger partial charge in [-0.1, -0.05) is 18.5 Å². The molecule has 1 rings (SSSR count). The average molecular weight is 340 g/mol. The topological polar surface area (TPSA) is 21.3 Å². The zero-order valence-electron chi connectivity index (χ0n) is 8.89. The molecule has 0 spiro atoms. The van der Waals surface area contributed by atoms with Crippen LogP contribution in [0.25, 0.3) is 0 Å². The number of benzene rings is 1. The van der Waals surface area contributed by atoms with E-state index in [4.69, 9.17) is 16.3 Å². The molecule has 0 saturated heterocycles. The summed E-state index contributed by atoms with van der Waals surface area (Å²) in [6.45, 7) is 3.65. The molecule has 4 heteroatoms. The minimum Gasteiger partial charge on any atom is -0.383 e. The molecule has 0 heterocycles. The van der Waals surface area contributed by atoms with Crippen LogP contribution in [0.3, 0.4) is 0 Å². The van der Waals surface area contributed by atoms with E-state index in [9.17, 15) is 0 Å². The van der Waals surface area contributed by atoms with Gasteiger partial charge in [0.15, 0.2) is 0 Å².